The molecule has 0 saturated heterocycles. The van der Waals surface area contributed by atoms with Crippen LogP contribution in [-0.2, 0) is 28.7 Å². The minimum absolute atomic E-state index is 0.0381. The highest BCUT2D eigenvalue weighted by Gasteiger charge is 2.31. The molecule has 0 radical (unpaired) electrons. The lowest BCUT2D eigenvalue weighted by Crippen LogP contribution is -2.33. The molecule has 0 spiro atoms. The van der Waals surface area contributed by atoms with Gasteiger partial charge in [0.15, 0.2) is 5.82 Å². The summed E-state index contributed by atoms with van der Waals surface area (Å²) in [5.74, 6) is 0.0106. The minimum atomic E-state index is -4.56. The maximum absolute atomic E-state index is 13.7. The minimum Gasteiger partial charge on any atom is -0.385 e. The van der Waals surface area contributed by atoms with Crippen molar-refractivity contribution in [1.82, 2.24) is 24.5 Å². The molecule has 0 atom stereocenters. The van der Waals surface area contributed by atoms with Gasteiger partial charge in [-0.15, -0.1) is 5.10 Å². The molecule has 3 aromatic rings. The van der Waals surface area contributed by atoms with Gasteiger partial charge >= 0.3 is 6.18 Å². The third-order valence-electron chi connectivity index (χ3n) is 6.62. The number of rotatable bonds is 6. The summed E-state index contributed by atoms with van der Waals surface area (Å²) in [5.41, 5.74) is 1.27. The molecule has 0 unspecified atom stereocenters. The molecule has 9 nitrogen and oxygen atoms in total. The maximum atomic E-state index is 13.7. The van der Waals surface area contributed by atoms with Gasteiger partial charge in [0.2, 0.25) is 11.7 Å². The normalized spacial score (nSPS) is 16.0. The van der Waals surface area contributed by atoms with Crippen LogP contribution in [0.5, 0.6) is 0 Å². The van der Waals surface area contributed by atoms with Crippen molar-refractivity contribution < 1.29 is 22.7 Å². The molecular formula is C26H26ClF3N6O3. The molecule has 5 rings (SSSR count). The predicted octanol–water partition coefficient (Wildman–Crippen LogP) is 4.29. The van der Waals surface area contributed by atoms with Crippen LogP contribution in [0.15, 0.2) is 35.1 Å². The fourth-order valence-corrected chi connectivity index (χ4v) is 4.96. The number of anilines is 1. The predicted molar refractivity (Wildman–Crippen MR) is 140 cm³/mol. The molecule has 206 valence electrons. The molecule has 0 bridgehead atoms. The Balaban J connectivity index is 1.58. The number of ether oxygens (including phenoxy) is 1. The van der Waals surface area contributed by atoms with Crippen LogP contribution >= 0.6 is 11.6 Å². The number of amides is 1. The first-order valence-corrected chi connectivity index (χ1v) is 13.0. The highest BCUT2D eigenvalue weighted by Crippen LogP contribution is 2.34. The van der Waals surface area contributed by atoms with Gasteiger partial charge in [-0.1, -0.05) is 30.7 Å². The highest BCUT2D eigenvalue weighted by molar-refractivity contribution is 6.33. The Kier molecular flexibility index (Phi) is 7.50. The number of carbonyl (C=O) groups is 1. The number of halogens is 4. The molecule has 2 N–H and O–H groups in total. The fourth-order valence-electron chi connectivity index (χ4n) is 4.73. The van der Waals surface area contributed by atoms with Crippen LogP contribution in [0, 0.1) is 0 Å². The molecule has 1 aromatic carbocycles. The quantitative estimate of drug-likeness (QED) is 0.465. The molecule has 2 aliphatic heterocycles. The Hall–Kier alpha value is -3.64. The Labute approximate surface area is 226 Å². The van der Waals surface area contributed by atoms with Gasteiger partial charge in [-0.2, -0.15) is 22.7 Å². The monoisotopic (exact) mass is 562 g/mol. The van der Waals surface area contributed by atoms with Crippen molar-refractivity contribution in [2.45, 2.75) is 45.3 Å². The number of alkyl halides is 3. The molecule has 39 heavy (non-hydrogen) atoms. The van der Waals surface area contributed by atoms with Crippen LogP contribution in [0.25, 0.3) is 17.0 Å². The molecule has 1 amide bonds. The van der Waals surface area contributed by atoms with Gasteiger partial charge in [0.1, 0.15) is 6.54 Å². The van der Waals surface area contributed by atoms with Gasteiger partial charge in [-0.25, -0.2) is 0 Å². The molecule has 0 saturated carbocycles. The van der Waals surface area contributed by atoms with E-state index in [0.29, 0.717) is 55.4 Å². The van der Waals surface area contributed by atoms with Gasteiger partial charge in [0.25, 0.3) is 5.56 Å². The number of hydrogen-bond donors (Lipinski definition) is 2. The molecule has 0 fully saturated rings. The van der Waals surface area contributed by atoms with Gasteiger partial charge in [-0.3, -0.25) is 9.59 Å². The van der Waals surface area contributed by atoms with Crippen molar-refractivity contribution in [2.24, 2.45) is 0 Å². The number of allylic oxidation sites excluding steroid dienone is 1. The smallest absolute Gasteiger partial charge is 0.385 e. The molecule has 2 aliphatic rings. The van der Waals surface area contributed by atoms with E-state index in [-0.39, 0.29) is 28.6 Å². The number of aromatic nitrogens is 4. The lowest BCUT2D eigenvalue weighted by atomic mass is 10.0. The summed E-state index contributed by atoms with van der Waals surface area (Å²) in [7, 11) is 0. The van der Waals surface area contributed by atoms with E-state index in [1.807, 2.05) is 19.1 Å². The highest BCUT2D eigenvalue weighted by atomic mass is 35.5. The van der Waals surface area contributed by atoms with E-state index in [9.17, 15) is 22.8 Å². The van der Waals surface area contributed by atoms with Crippen molar-refractivity contribution >= 4 is 40.2 Å². The SMILES string of the molecule is CCc1c(C2=CCCCN2)c(=O)n2nc(C3=CCOCC3)nc2n1CC(=O)Nc1ccc(C(F)(F)F)cc1Cl. The van der Waals surface area contributed by atoms with Crippen molar-refractivity contribution in [2.75, 3.05) is 25.1 Å². The maximum Gasteiger partial charge on any atom is 0.416 e. The van der Waals surface area contributed by atoms with Gasteiger partial charge in [0, 0.05) is 17.9 Å². The van der Waals surface area contributed by atoms with E-state index < -0.39 is 17.6 Å². The number of benzene rings is 1. The number of nitrogens with zero attached hydrogens (tertiary/aromatic N) is 4. The molecule has 2 aromatic heterocycles. The van der Waals surface area contributed by atoms with E-state index >= 15 is 0 Å². The second kappa shape index (κ2) is 10.9. The van der Waals surface area contributed by atoms with Gasteiger partial charge in [0.05, 0.1) is 35.1 Å². The van der Waals surface area contributed by atoms with Crippen LogP contribution in [0.1, 0.15) is 48.8 Å². The standard InChI is InChI=1S/C26H26ClF3N6O3/c1-2-20-22(19-5-3-4-10-31-19)24(38)36-25(33-23(34-36)15-8-11-39-12-9-15)35(20)14-21(37)32-18-7-6-16(13-17(18)27)26(28,29)30/h5-8,13,31H,2-4,9-12,14H2,1H3,(H,32,37). The lowest BCUT2D eigenvalue weighted by molar-refractivity contribution is -0.137. The average molecular weight is 563 g/mol. The Morgan fingerprint density at radius 2 is 2.10 bits per heavy atom. The first kappa shape index (κ1) is 26.9. The van der Waals surface area contributed by atoms with Gasteiger partial charge < -0.3 is 19.9 Å². The number of carbonyl (C=O) groups excluding carboxylic acids is 1. The molecule has 0 aliphatic carbocycles. The van der Waals surface area contributed by atoms with Crippen LogP contribution in [0.2, 0.25) is 5.02 Å². The second-order valence-electron chi connectivity index (χ2n) is 9.20. The lowest BCUT2D eigenvalue weighted by Gasteiger charge is -2.21. The summed E-state index contributed by atoms with van der Waals surface area (Å²) in [6, 6.07) is 2.72. The second-order valence-corrected chi connectivity index (χ2v) is 9.60. The topological polar surface area (TPSA) is 103 Å². The van der Waals surface area contributed by atoms with Crippen LogP contribution in [0.4, 0.5) is 18.9 Å². The zero-order valence-electron chi connectivity index (χ0n) is 21.1. The first-order chi connectivity index (χ1) is 18.7. The largest absolute Gasteiger partial charge is 0.416 e. The van der Waals surface area contributed by atoms with Crippen LogP contribution in [-0.4, -0.2) is 44.8 Å². The third kappa shape index (κ3) is 5.44. The molecular weight excluding hydrogens is 537 g/mol. The zero-order chi connectivity index (χ0) is 27.7. The summed E-state index contributed by atoms with van der Waals surface area (Å²) in [6.45, 7) is 3.22. The van der Waals surface area contributed by atoms with E-state index in [1.54, 1.807) is 4.57 Å². The van der Waals surface area contributed by atoms with E-state index in [2.05, 4.69) is 20.7 Å². The third-order valence-corrected chi connectivity index (χ3v) is 6.94. The average Bonchev–Trinajstić information content (AvgIpc) is 3.38. The number of nitrogens with one attached hydrogen (secondary N) is 2. The summed E-state index contributed by atoms with van der Waals surface area (Å²) in [6.07, 6.45) is 1.97. The first-order valence-electron chi connectivity index (χ1n) is 12.6. The van der Waals surface area contributed by atoms with Crippen molar-refractivity contribution in [1.29, 1.82) is 0 Å². The van der Waals surface area contributed by atoms with Crippen LogP contribution in [0.3, 0.4) is 0 Å². The van der Waals surface area contributed by atoms with Crippen molar-refractivity contribution in [3.63, 3.8) is 0 Å². The van der Waals surface area contributed by atoms with Gasteiger partial charge in [-0.05, 0) is 49.5 Å². The van der Waals surface area contributed by atoms with E-state index in [1.165, 1.54) is 4.52 Å². The van der Waals surface area contributed by atoms with E-state index in [0.717, 1.165) is 36.6 Å². The van der Waals surface area contributed by atoms with Crippen LogP contribution < -0.4 is 16.2 Å². The zero-order valence-corrected chi connectivity index (χ0v) is 21.8. The summed E-state index contributed by atoms with van der Waals surface area (Å²) < 4.78 is 47.3. The summed E-state index contributed by atoms with van der Waals surface area (Å²) in [5, 5.41) is 10.1. The Morgan fingerprint density at radius 3 is 2.74 bits per heavy atom. The van der Waals surface area contributed by atoms with Crippen molar-refractivity contribution in [3.8, 4) is 0 Å². The number of hydrogen-bond acceptors (Lipinski definition) is 6. The Morgan fingerprint density at radius 1 is 1.28 bits per heavy atom. The van der Waals surface area contributed by atoms with E-state index in [4.69, 9.17) is 16.3 Å². The fraction of sp³-hybridized carbons (Fsp3) is 0.385. The number of fused-ring (bicyclic) bond motifs is 1. The summed E-state index contributed by atoms with van der Waals surface area (Å²) in [4.78, 5) is 31.5. The Bertz CT molecular complexity index is 1560. The molecule has 4 heterocycles. The molecule has 13 heteroatoms. The summed E-state index contributed by atoms with van der Waals surface area (Å²) >= 11 is 6.05. The van der Waals surface area contributed by atoms with Crippen molar-refractivity contribution in [3.05, 3.63) is 68.4 Å².